The van der Waals surface area contributed by atoms with Crippen LogP contribution in [0.25, 0.3) is 16.8 Å². The Balaban J connectivity index is 1.52. The van der Waals surface area contributed by atoms with E-state index >= 15 is 0 Å². The summed E-state index contributed by atoms with van der Waals surface area (Å²) in [5, 5.41) is 4.54. The lowest BCUT2D eigenvalue weighted by molar-refractivity contribution is 0.401. The Morgan fingerprint density at radius 3 is 2.64 bits per heavy atom. The molecule has 170 valence electrons. The Hall–Kier alpha value is -3.39. The summed E-state index contributed by atoms with van der Waals surface area (Å²) in [7, 11) is 0. The van der Waals surface area contributed by atoms with Crippen molar-refractivity contribution in [3.8, 4) is 11.3 Å². The van der Waals surface area contributed by atoms with Crippen molar-refractivity contribution in [1.82, 2.24) is 19.6 Å². The van der Waals surface area contributed by atoms with Crippen molar-refractivity contribution < 1.29 is 8.78 Å². The number of hydrogen-bond donors (Lipinski definition) is 1. The highest BCUT2D eigenvalue weighted by Crippen LogP contribution is 2.29. The van der Waals surface area contributed by atoms with Gasteiger partial charge in [-0.3, -0.25) is 4.98 Å². The molecule has 1 fully saturated rings. The quantitative estimate of drug-likeness (QED) is 0.508. The molecule has 3 aromatic heterocycles. The van der Waals surface area contributed by atoms with Crippen LogP contribution in [0.2, 0.25) is 0 Å². The first-order valence-corrected chi connectivity index (χ1v) is 11.1. The number of aryl methyl sites for hydroxylation is 1. The predicted octanol–water partition coefficient (Wildman–Crippen LogP) is 4.14. The Labute approximate surface area is 191 Å². The molecule has 5 rings (SSSR count). The van der Waals surface area contributed by atoms with Gasteiger partial charge in [-0.05, 0) is 55.2 Å². The molecule has 4 heterocycles. The number of nitrogens with zero attached hydrogens (tertiary/aromatic N) is 5. The van der Waals surface area contributed by atoms with E-state index in [-0.39, 0.29) is 17.3 Å². The number of hydrogen-bond acceptors (Lipinski definition) is 5. The molecule has 1 aliphatic rings. The molecule has 0 amide bonds. The number of benzene rings is 1. The number of piperidine rings is 1. The summed E-state index contributed by atoms with van der Waals surface area (Å²) in [6, 6.07) is 8.14. The van der Waals surface area contributed by atoms with Gasteiger partial charge >= 0.3 is 0 Å². The molecule has 0 aliphatic carbocycles. The van der Waals surface area contributed by atoms with Crippen LogP contribution < -0.4 is 10.6 Å². The van der Waals surface area contributed by atoms with Gasteiger partial charge in [-0.2, -0.15) is 5.10 Å². The van der Waals surface area contributed by atoms with E-state index in [1.54, 1.807) is 36.0 Å². The number of nitrogens with two attached hydrogens (primary N) is 1. The summed E-state index contributed by atoms with van der Waals surface area (Å²) in [6.45, 7) is 5.59. The van der Waals surface area contributed by atoms with Gasteiger partial charge in [-0.25, -0.2) is 18.3 Å². The van der Waals surface area contributed by atoms with E-state index in [9.17, 15) is 8.78 Å². The molecule has 2 N–H and O–H groups in total. The number of fused-ring (bicyclic) bond motifs is 1. The van der Waals surface area contributed by atoms with Crippen LogP contribution >= 0.6 is 0 Å². The number of rotatable bonds is 4. The lowest BCUT2D eigenvalue weighted by Crippen LogP contribution is -2.46. The highest BCUT2D eigenvalue weighted by atomic mass is 19.1. The van der Waals surface area contributed by atoms with Crippen molar-refractivity contribution in [2.75, 3.05) is 18.0 Å². The van der Waals surface area contributed by atoms with Crippen LogP contribution in [0.1, 0.15) is 30.3 Å². The molecule has 2 atom stereocenters. The smallest absolute Gasteiger partial charge is 0.135 e. The predicted molar refractivity (Wildman–Crippen MR) is 124 cm³/mol. The molecule has 1 saturated heterocycles. The van der Waals surface area contributed by atoms with Gasteiger partial charge in [0.1, 0.15) is 17.5 Å². The zero-order chi connectivity index (χ0) is 23.1. The van der Waals surface area contributed by atoms with Crippen LogP contribution in [-0.4, -0.2) is 38.7 Å². The summed E-state index contributed by atoms with van der Waals surface area (Å²) in [4.78, 5) is 11.2. The Morgan fingerprint density at radius 2 is 1.88 bits per heavy atom. The maximum atomic E-state index is 14.6. The second kappa shape index (κ2) is 8.51. The maximum Gasteiger partial charge on any atom is 0.135 e. The first kappa shape index (κ1) is 21.5. The fourth-order valence-corrected chi connectivity index (χ4v) is 4.76. The summed E-state index contributed by atoms with van der Waals surface area (Å²) < 4.78 is 30.8. The zero-order valence-electron chi connectivity index (χ0n) is 18.7. The van der Waals surface area contributed by atoms with Crippen molar-refractivity contribution in [3.05, 3.63) is 77.5 Å². The number of pyridine rings is 1. The van der Waals surface area contributed by atoms with Gasteiger partial charge < -0.3 is 10.6 Å². The summed E-state index contributed by atoms with van der Waals surface area (Å²) in [6.07, 6.45) is 6.83. The minimum Gasteiger partial charge on any atom is -0.369 e. The largest absolute Gasteiger partial charge is 0.369 e. The fraction of sp³-hybridized carbons (Fsp3) is 0.320. The van der Waals surface area contributed by atoms with Gasteiger partial charge in [0.15, 0.2) is 0 Å². The molecule has 8 heteroatoms. The molecule has 6 nitrogen and oxygen atoms in total. The van der Waals surface area contributed by atoms with E-state index in [0.717, 1.165) is 36.3 Å². The standard InChI is InChI=1S/C25H26F2N6/c1-15-8-20(26)25(21(27)9-15)22-4-3-19-12-30-24(33(19)31-22)10-17-11-29-6-5-23(17)32-13-16(2)7-18(28)14-32/h3-6,8-9,11-12,16,18H,7,10,13-14,28H2,1-2H3/t16-,18+/m1/s1. The van der Waals surface area contributed by atoms with Gasteiger partial charge in [-0.1, -0.05) is 6.92 Å². The second-order valence-corrected chi connectivity index (χ2v) is 9.02. The van der Waals surface area contributed by atoms with Gasteiger partial charge in [0.2, 0.25) is 0 Å². The Morgan fingerprint density at radius 1 is 1.09 bits per heavy atom. The van der Waals surface area contributed by atoms with Crippen molar-refractivity contribution >= 4 is 11.2 Å². The molecule has 0 unspecified atom stereocenters. The van der Waals surface area contributed by atoms with E-state index < -0.39 is 11.6 Å². The monoisotopic (exact) mass is 448 g/mol. The average Bonchev–Trinajstić information content (AvgIpc) is 3.15. The summed E-state index contributed by atoms with van der Waals surface area (Å²) in [5.74, 6) is -0.0915. The lowest BCUT2D eigenvalue weighted by Gasteiger charge is -2.37. The Kier molecular flexibility index (Phi) is 5.54. The van der Waals surface area contributed by atoms with Crippen LogP contribution in [0, 0.1) is 24.5 Å². The molecule has 0 bridgehead atoms. The highest BCUT2D eigenvalue weighted by molar-refractivity contribution is 5.63. The van der Waals surface area contributed by atoms with Gasteiger partial charge in [0.25, 0.3) is 0 Å². The molecule has 33 heavy (non-hydrogen) atoms. The Bertz CT molecular complexity index is 1280. The molecule has 4 aromatic rings. The van der Waals surface area contributed by atoms with Gasteiger partial charge in [0, 0.05) is 49.2 Å². The van der Waals surface area contributed by atoms with E-state index in [4.69, 9.17) is 5.73 Å². The molecule has 1 aliphatic heterocycles. The van der Waals surface area contributed by atoms with Crippen LogP contribution in [0.15, 0.2) is 48.9 Å². The molecular weight excluding hydrogens is 422 g/mol. The van der Waals surface area contributed by atoms with Gasteiger partial charge in [0.05, 0.1) is 23.0 Å². The number of anilines is 1. The normalized spacial score (nSPS) is 18.8. The third kappa shape index (κ3) is 4.18. The first-order valence-electron chi connectivity index (χ1n) is 11.1. The van der Waals surface area contributed by atoms with E-state index in [1.807, 2.05) is 12.3 Å². The number of aromatic nitrogens is 4. The third-order valence-electron chi connectivity index (χ3n) is 6.16. The van der Waals surface area contributed by atoms with Crippen molar-refractivity contribution in [2.24, 2.45) is 11.7 Å². The lowest BCUT2D eigenvalue weighted by atomic mass is 9.95. The summed E-state index contributed by atoms with van der Waals surface area (Å²) in [5.41, 5.74) is 9.71. The van der Waals surface area contributed by atoms with Crippen LogP contribution in [0.4, 0.5) is 14.5 Å². The second-order valence-electron chi connectivity index (χ2n) is 9.02. The minimum atomic E-state index is -0.633. The number of imidazole rings is 1. The van der Waals surface area contributed by atoms with Crippen LogP contribution in [0.5, 0.6) is 0 Å². The fourth-order valence-electron chi connectivity index (χ4n) is 4.76. The van der Waals surface area contributed by atoms with Crippen molar-refractivity contribution in [3.63, 3.8) is 0 Å². The molecule has 0 spiro atoms. The van der Waals surface area contributed by atoms with Crippen LogP contribution in [0.3, 0.4) is 0 Å². The number of halogens is 2. The first-order chi connectivity index (χ1) is 15.9. The average molecular weight is 449 g/mol. The van der Waals surface area contributed by atoms with Crippen LogP contribution in [-0.2, 0) is 6.42 Å². The molecule has 1 aromatic carbocycles. The van der Waals surface area contributed by atoms with E-state index in [2.05, 4.69) is 26.9 Å². The zero-order valence-corrected chi connectivity index (χ0v) is 18.7. The molecular formula is C25H26F2N6. The topological polar surface area (TPSA) is 72.3 Å². The highest BCUT2D eigenvalue weighted by Gasteiger charge is 2.24. The minimum absolute atomic E-state index is 0.130. The SMILES string of the molecule is Cc1cc(F)c(-c2ccc3cnc(Cc4cnccc4N4C[C@H](C)C[C@H](N)C4)n3n2)c(F)c1. The van der Waals surface area contributed by atoms with Crippen molar-refractivity contribution in [1.29, 1.82) is 0 Å². The molecule has 0 saturated carbocycles. The maximum absolute atomic E-state index is 14.6. The van der Waals surface area contributed by atoms with E-state index in [1.165, 1.54) is 12.1 Å². The molecule has 0 radical (unpaired) electrons. The third-order valence-corrected chi connectivity index (χ3v) is 6.16. The van der Waals surface area contributed by atoms with E-state index in [0.29, 0.717) is 23.7 Å². The van der Waals surface area contributed by atoms with Crippen molar-refractivity contribution in [2.45, 2.75) is 32.7 Å². The summed E-state index contributed by atoms with van der Waals surface area (Å²) >= 11 is 0. The van der Waals surface area contributed by atoms with Gasteiger partial charge in [-0.15, -0.1) is 0 Å².